The van der Waals surface area contributed by atoms with Crippen LogP contribution in [0.15, 0.2) is 0 Å². The van der Waals surface area contributed by atoms with E-state index < -0.39 is 5.60 Å². The third-order valence-corrected chi connectivity index (χ3v) is 4.81. The highest BCUT2D eigenvalue weighted by Gasteiger charge is 2.48. The molecule has 4 fully saturated rings. The normalized spacial score (nSPS) is 37.9. The Kier molecular flexibility index (Phi) is 3.24. The summed E-state index contributed by atoms with van der Waals surface area (Å²) in [5, 5.41) is 0. The van der Waals surface area contributed by atoms with Crippen LogP contribution in [0.2, 0.25) is 0 Å². The Bertz CT molecular complexity index is 356. The van der Waals surface area contributed by atoms with Gasteiger partial charge in [0.2, 0.25) is 0 Å². The monoisotopic (exact) mass is 266 g/mol. The Balaban J connectivity index is 1.76. The lowest BCUT2D eigenvalue weighted by molar-refractivity contribution is -0.0726. The van der Waals surface area contributed by atoms with Crippen molar-refractivity contribution in [2.45, 2.75) is 64.1 Å². The molecule has 4 heterocycles. The lowest BCUT2D eigenvalue weighted by atomic mass is 9.75. The second-order valence-corrected chi connectivity index (χ2v) is 7.25. The molecule has 0 saturated carbocycles. The topological polar surface area (TPSA) is 32.8 Å². The lowest BCUT2D eigenvalue weighted by Gasteiger charge is -2.56. The average molecular weight is 266 g/mol. The molecule has 2 atom stereocenters. The first-order chi connectivity index (χ1) is 8.96. The van der Waals surface area contributed by atoms with E-state index in [0.29, 0.717) is 18.0 Å². The van der Waals surface area contributed by atoms with Crippen LogP contribution in [-0.4, -0.2) is 53.2 Å². The first-order valence-corrected chi connectivity index (χ1v) is 7.69. The largest absolute Gasteiger partial charge is 0.444 e. The number of hydrogen-bond donors (Lipinski definition) is 0. The summed E-state index contributed by atoms with van der Waals surface area (Å²) in [5.41, 5.74) is -0.391. The summed E-state index contributed by atoms with van der Waals surface area (Å²) in [4.78, 5) is 17.1. The van der Waals surface area contributed by atoms with Crippen molar-refractivity contribution in [1.82, 2.24) is 9.80 Å². The number of piperidine rings is 4. The van der Waals surface area contributed by atoms with Crippen molar-refractivity contribution in [3.63, 3.8) is 0 Å². The minimum absolute atomic E-state index is 0.101. The summed E-state index contributed by atoms with van der Waals surface area (Å²) in [6.07, 6.45) is 4.77. The van der Waals surface area contributed by atoms with E-state index in [9.17, 15) is 4.79 Å². The minimum Gasteiger partial charge on any atom is -0.444 e. The second-order valence-electron chi connectivity index (χ2n) is 7.25. The molecular weight excluding hydrogens is 240 g/mol. The summed E-state index contributed by atoms with van der Waals surface area (Å²) >= 11 is 0. The van der Waals surface area contributed by atoms with Crippen molar-refractivity contribution in [2.24, 2.45) is 5.92 Å². The lowest BCUT2D eigenvalue weighted by Crippen LogP contribution is -2.66. The molecule has 4 heteroatoms. The van der Waals surface area contributed by atoms with E-state index in [0.717, 1.165) is 13.0 Å². The first kappa shape index (κ1) is 13.2. The van der Waals surface area contributed by atoms with E-state index in [4.69, 9.17) is 4.74 Å². The minimum atomic E-state index is -0.391. The van der Waals surface area contributed by atoms with Gasteiger partial charge in [-0.1, -0.05) is 0 Å². The van der Waals surface area contributed by atoms with Crippen LogP contribution in [0.3, 0.4) is 0 Å². The van der Waals surface area contributed by atoms with Crippen LogP contribution < -0.4 is 0 Å². The molecule has 2 unspecified atom stereocenters. The summed E-state index contributed by atoms with van der Waals surface area (Å²) in [6.45, 7) is 9.18. The number of amides is 1. The summed E-state index contributed by atoms with van der Waals surface area (Å²) in [7, 11) is 0. The van der Waals surface area contributed by atoms with Crippen LogP contribution in [0.25, 0.3) is 0 Å². The third-order valence-electron chi connectivity index (χ3n) is 4.81. The number of fused-ring (bicyclic) bond motifs is 2. The SMILES string of the molecule is CC(C)(C)OC(=O)N1CCCC2C1C1CCN2CC1. The van der Waals surface area contributed by atoms with Gasteiger partial charge in [0.1, 0.15) is 5.60 Å². The van der Waals surface area contributed by atoms with Gasteiger partial charge >= 0.3 is 6.09 Å². The van der Waals surface area contributed by atoms with E-state index in [1.165, 1.54) is 32.4 Å². The smallest absolute Gasteiger partial charge is 0.410 e. The fourth-order valence-electron chi connectivity index (χ4n) is 4.09. The third kappa shape index (κ3) is 2.47. The molecule has 2 bridgehead atoms. The highest BCUT2D eigenvalue weighted by atomic mass is 16.6. The molecule has 19 heavy (non-hydrogen) atoms. The highest BCUT2D eigenvalue weighted by molar-refractivity contribution is 5.69. The Morgan fingerprint density at radius 1 is 1.11 bits per heavy atom. The van der Waals surface area contributed by atoms with E-state index >= 15 is 0 Å². The van der Waals surface area contributed by atoms with Crippen LogP contribution >= 0.6 is 0 Å². The van der Waals surface area contributed by atoms with Crippen molar-refractivity contribution >= 4 is 6.09 Å². The van der Waals surface area contributed by atoms with Crippen LogP contribution in [0.4, 0.5) is 4.79 Å². The maximum absolute atomic E-state index is 12.4. The molecule has 4 saturated heterocycles. The number of nitrogens with zero attached hydrogens (tertiary/aromatic N) is 2. The zero-order chi connectivity index (χ0) is 13.6. The van der Waals surface area contributed by atoms with Crippen LogP contribution in [0.1, 0.15) is 46.5 Å². The Hall–Kier alpha value is -0.770. The molecule has 0 aromatic heterocycles. The molecule has 1 amide bonds. The number of hydrogen-bond acceptors (Lipinski definition) is 3. The van der Waals surface area contributed by atoms with Crippen LogP contribution in [0.5, 0.6) is 0 Å². The predicted molar refractivity (Wildman–Crippen MR) is 74.0 cm³/mol. The number of carbonyl (C=O) groups excluding carboxylic acids is 1. The maximum Gasteiger partial charge on any atom is 0.410 e. The van der Waals surface area contributed by atoms with Gasteiger partial charge in [-0.25, -0.2) is 4.79 Å². The highest BCUT2D eigenvalue weighted by Crippen LogP contribution is 2.40. The maximum atomic E-state index is 12.4. The molecule has 4 aliphatic rings. The molecule has 0 aromatic rings. The number of carbonyl (C=O) groups is 1. The molecule has 4 aliphatic heterocycles. The van der Waals surface area contributed by atoms with Gasteiger partial charge in [0, 0.05) is 12.6 Å². The Morgan fingerprint density at radius 2 is 1.79 bits per heavy atom. The zero-order valence-electron chi connectivity index (χ0n) is 12.4. The van der Waals surface area contributed by atoms with Crippen molar-refractivity contribution < 1.29 is 9.53 Å². The molecule has 0 radical (unpaired) electrons. The van der Waals surface area contributed by atoms with Gasteiger partial charge in [0.25, 0.3) is 0 Å². The molecule has 0 N–H and O–H groups in total. The molecule has 4 rings (SSSR count). The number of likely N-dealkylation sites (tertiary alicyclic amines) is 1. The summed E-state index contributed by atoms with van der Waals surface area (Å²) < 4.78 is 5.60. The Morgan fingerprint density at radius 3 is 2.42 bits per heavy atom. The Labute approximate surface area is 116 Å². The van der Waals surface area contributed by atoms with Gasteiger partial charge in [-0.3, -0.25) is 4.90 Å². The van der Waals surface area contributed by atoms with Crippen molar-refractivity contribution in [3.8, 4) is 0 Å². The standard InChI is InChI=1S/C15H26N2O2/c1-15(2,3)19-14(18)17-8-4-5-12-13(17)11-6-9-16(12)10-7-11/h11-13H,4-10H2,1-3H3. The predicted octanol–water partition coefficient (Wildman–Crippen LogP) is 2.48. The number of rotatable bonds is 0. The van der Waals surface area contributed by atoms with E-state index in [2.05, 4.69) is 4.90 Å². The van der Waals surface area contributed by atoms with Crippen molar-refractivity contribution in [1.29, 1.82) is 0 Å². The molecule has 0 aromatic carbocycles. The molecule has 108 valence electrons. The van der Waals surface area contributed by atoms with Gasteiger partial charge in [0.05, 0.1) is 6.04 Å². The van der Waals surface area contributed by atoms with Crippen molar-refractivity contribution in [2.75, 3.05) is 19.6 Å². The first-order valence-electron chi connectivity index (χ1n) is 7.69. The van der Waals surface area contributed by atoms with Crippen molar-refractivity contribution in [3.05, 3.63) is 0 Å². The number of ether oxygens (including phenoxy) is 1. The zero-order valence-corrected chi connectivity index (χ0v) is 12.4. The van der Waals surface area contributed by atoms with Gasteiger partial charge in [-0.15, -0.1) is 0 Å². The van der Waals surface area contributed by atoms with Gasteiger partial charge in [-0.2, -0.15) is 0 Å². The van der Waals surface area contributed by atoms with Gasteiger partial charge in [-0.05, 0) is 65.5 Å². The van der Waals surface area contributed by atoms with E-state index in [1.54, 1.807) is 0 Å². The molecule has 4 nitrogen and oxygen atoms in total. The van der Waals surface area contributed by atoms with Gasteiger partial charge in [0.15, 0.2) is 0 Å². The average Bonchev–Trinajstić information content (AvgIpc) is 2.37. The summed E-state index contributed by atoms with van der Waals surface area (Å²) in [6, 6.07) is 1.000. The van der Waals surface area contributed by atoms with E-state index in [1.807, 2.05) is 25.7 Å². The fourth-order valence-corrected chi connectivity index (χ4v) is 4.09. The van der Waals surface area contributed by atoms with E-state index in [-0.39, 0.29) is 6.09 Å². The fraction of sp³-hybridized carbons (Fsp3) is 0.933. The second kappa shape index (κ2) is 4.65. The molecule has 0 spiro atoms. The quantitative estimate of drug-likeness (QED) is 0.675. The molecule has 0 aliphatic carbocycles. The summed E-state index contributed by atoms with van der Waals surface area (Å²) in [5.74, 6) is 0.697. The van der Waals surface area contributed by atoms with Crippen LogP contribution in [-0.2, 0) is 4.74 Å². The molecular formula is C15H26N2O2. The van der Waals surface area contributed by atoms with Gasteiger partial charge < -0.3 is 9.64 Å². The van der Waals surface area contributed by atoms with Crippen LogP contribution in [0, 0.1) is 5.92 Å².